The van der Waals surface area contributed by atoms with Crippen LogP contribution in [0.1, 0.15) is 52.9 Å². The Hall–Kier alpha value is -0.770. The fourth-order valence-electron chi connectivity index (χ4n) is 1.82. The number of ether oxygens (including phenoxy) is 1. The third-order valence-corrected chi connectivity index (χ3v) is 3.22. The molecule has 0 heterocycles. The van der Waals surface area contributed by atoms with E-state index in [0.717, 1.165) is 31.9 Å². The molecular formula is C15H30N2O2. The fourth-order valence-corrected chi connectivity index (χ4v) is 1.82. The van der Waals surface area contributed by atoms with Gasteiger partial charge in [-0.25, -0.2) is 4.79 Å². The van der Waals surface area contributed by atoms with E-state index in [2.05, 4.69) is 31.4 Å². The van der Waals surface area contributed by atoms with Crippen molar-refractivity contribution in [3.8, 4) is 0 Å². The number of hydrogen-bond acceptors (Lipinski definition) is 2. The Kier molecular flexibility index (Phi) is 7.21. The van der Waals surface area contributed by atoms with Crippen LogP contribution in [-0.2, 0) is 4.74 Å². The minimum Gasteiger partial charge on any atom is -0.379 e. The predicted molar refractivity (Wildman–Crippen MR) is 78.3 cm³/mol. The highest BCUT2D eigenvalue weighted by atomic mass is 16.5. The summed E-state index contributed by atoms with van der Waals surface area (Å²) < 4.78 is 5.45. The van der Waals surface area contributed by atoms with Crippen molar-refractivity contribution in [3.05, 3.63) is 0 Å². The zero-order valence-corrected chi connectivity index (χ0v) is 12.8. The van der Waals surface area contributed by atoms with Gasteiger partial charge in [-0.05, 0) is 37.0 Å². The monoisotopic (exact) mass is 270 g/mol. The zero-order valence-electron chi connectivity index (χ0n) is 12.8. The van der Waals surface area contributed by atoms with Crippen LogP contribution >= 0.6 is 0 Å². The number of amides is 2. The molecule has 2 amide bonds. The summed E-state index contributed by atoms with van der Waals surface area (Å²) in [5.41, 5.74) is 0.390. The van der Waals surface area contributed by atoms with Crippen molar-refractivity contribution >= 4 is 6.03 Å². The molecule has 19 heavy (non-hydrogen) atoms. The summed E-state index contributed by atoms with van der Waals surface area (Å²) in [6.45, 7) is 9.56. The molecule has 2 N–H and O–H groups in total. The van der Waals surface area contributed by atoms with Crippen LogP contribution in [0.25, 0.3) is 0 Å². The summed E-state index contributed by atoms with van der Waals surface area (Å²) in [4.78, 5) is 11.4. The minimum absolute atomic E-state index is 0.0780. The minimum atomic E-state index is -0.0780. The summed E-state index contributed by atoms with van der Waals surface area (Å²) in [6.07, 6.45) is 6.02. The maximum absolute atomic E-state index is 11.4. The Morgan fingerprint density at radius 1 is 1.16 bits per heavy atom. The summed E-state index contributed by atoms with van der Waals surface area (Å²) in [7, 11) is 0. The molecule has 112 valence electrons. The van der Waals surface area contributed by atoms with Gasteiger partial charge in [0.05, 0.1) is 6.61 Å². The normalized spacial score (nSPS) is 15.3. The molecule has 0 unspecified atom stereocenters. The van der Waals surface area contributed by atoms with Gasteiger partial charge in [0, 0.05) is 19.7 Å². The van der Waals surface area contributed by atoms with Gasteiger partial charge < -0.3 is 15.4 Å². The van der Waals surface area contributed by atoms with Crippen LogP contribution in [0.4, 0.5) is 4.79 Å². The number of urea groups is 1. The summed E-state index contributed by atoms with van der Waals surface area (Å²) in [5.74, 6) is 0.789. The molecule has 4 heteroatoms. The van der Waals surface area contributed by atoms with E-state index in [1.807, 2.05) is 0 Å². The van der Waals surface area contributed by atoms with Gasteiger partial charge in [-0.3, -0.25) is 0 Å². The zero-order chi connectivity index (χ0) is 14.1. The van der Waals surface area contributed by atoms with E-state index in [1.165, 1.54) is 19.3 Å². The van der Waals surface area contributed by atoms with Crippen molar-refractivity contribution in [3.63, 3.8) is 0 Å². The smallest absolute Gasteiger partial charge is 0.314 e. The van der Waals surface area contributed by atoms with Crippen molar-refractivity contribution in [1.82, 2.24) is 10.6 Å². The maximum Gasteiger partial charge on any atom is 0.314 e. The van der Waals surface area contributed by atoms with E-state index in [1.54, 1.807) is 0 Å². The molecule has 0 aromatic heterocycles. The molecule has 0 aliphatic heterocycles. The van der Waals surface area contributed by atoms with Crippen LogP contribution in [0.15, 0.2) is 0 Å². The lowest BCUT2D eigenvalue weighted by molar-refractivity contribution is 0.127. The highest BCUT2D eigenvalue weighted by Crippen LogP contribution is 2.28. The van der Waals surface area contributed by atoms with Crippen LogP contribution in [0, 0.1) is 11.3 Å². The van der Waals surface area contributed by atoms with Crippen LogP contribution in [0.3, 0.4) is 0 Å². The third-order valence-electron chi connectivity index (χ3n) is 3.22. The molecule has 0 aromatic rings. The van der Waals surface area contributed by atoms with Crippen LogP contribution < -0.4 is 10.6 Å². The summed E-state index contributed by atoms with van der Waals surface area (Å²) >= 11 is 0. The number of unbranched alkanes of at least 4 members (excludes halogenated alkanes) is 1. The number of hydrogen-bond donors (Lipinski definition) is 2. The molecule has 1 rings (SSSR count). The van der Waals surface area contributed by atoms with E-state index in [4.69, 9.17) is 4.74 Å². The van der Waals surface area contributed by atoms with Gasteiger partial charge in [-0.15, -0.1) is 0 Å². The summed E-state index contributed by atoms with van der Waals surface area (Å²) in [5, 5.41) is 5.68. The number of carbonyl (C=O) groups excluding carboxylic acids is 1. The van der Waals surface area contributed by atoms with E-state index < -0.39 is 0 Å². The highest BCUT2D eigenvalue weighted by molar-refractivity contribution is 5.73. The van der Waals surface area contributed by atoms with Crippen molar-refractivity contribution < 1.29 is 9.53 Å². The number of carbonyl (C=O) groups is 1. The molecule has 0 saturated heterocycles. The quantitative estimate of drug-likeness (QED) is 0.633. The van der Waals surface area contributed by atoms with Gasteiger partial charge in [0.25, 0.3) is 0 Å². The molecule has 1 aliphatic carbocycles. The Bertz CT molecular complexity index is 257. The Balaban J connectivity index is 1.81. The Labute approximate surface area is 117 Å². The first-order chi connectivity index (χ1) is 8.97. The third kappa shape index (κ3) is 10.8. The van der Waals surface area contributed by atoms with E-state index in [9.17, 15) is 4.79 Å². The van der Waals surface area contributed by atoms with Gasteiger partial charge in [0.1, 0.15) is 0 Å². The number of nitrogens with one attached hydrogen (secondary N) is 2. The molecule has 0 atom stereocenters. The van der Waals surface area contributed by atoms with Gasteiger partial charge in [0.15, 0.2) is 0 Å². The average Bonchev–Trinajstić information content (AvgIpc) is 3.10. The topological polar surface area (TPSA) is 50.4 Å². The Morgan fingerprint density at radius 2 is 1.84 bits per heavy atom. The summed E-state index contributed by atoms with van der Waals surface area (Å²) in [6, 6.07) is -0.0780. The van der Waals surface area contributed by atoms with E-state index in [0.29, 0.717) is 18.6 Å². The van der Waals surface area contributed by atoms with E-state index in [-0.39, 0.29) is 6.03 Å². The fraction of sp³-hybridized carbons (Fsp3) is 0.933. The molecule has 0 bridgehead atoms. The maximum atomic E-state index is 11.4. The van der Waals surface area contributed by atoms with Crippen molar-refractivity contribution in [2.75, 3.05) is 26.3 Å². The van der Waals surface area contributed by atoms with Gasteiger partial charge in [-0.1, -0.05) is 27.2 Å². The molecule has 0 radical (unpaired) electrons. The van der Waals surface area contributed by atoms with Gasteiger partial charge in [-0.2, -0.15) is 0 Å². The molecule has 0 spiro atoms. The standard InChI is InChI=1S/C15H30N2O2/c1-15(2,3)8-4-5-9-16-14(18)17-10-11-19-12-13-6-7-13/h13H,4-12H2,1-3H3,(H2,16,17,18). The molecule has 1 saturated carbocycles. The molecule has 1 fully saturated rings. The second kappa shape index (κ2) is 8.41. The van der Waals surface area contributed by atoms with Crippen molar-refractivity contribution in [2.45, 2.75) is 52.9 Å². The largest absolute Gasteiger partial charge is 0.379 e. The van der Waals surface area contributed by atoms with E-state index >= 15 is 0 Å². The van der Waals surface area contributed by atoms with Crippen molar-refractivity contribution in [1.29, 1.82) is 0 Å². The lowest BCUT2D eigenvalue weighted by Crippen LogP contribution is -2.37. The van der Waals surface area contributed by atoms with Gasteiger partial charge in [0.2, 0.25) is 0 Å². The average molecular weight is 270 g/mol. The first-order valence-electron chi connectivity index (χ1n) is 7.57. The first kappa shape index (κ1) is 16.3. The lowest BCUT2D eigenvalue weighted by atomic mass is 9.90. The molecule has 0 aromatic carbocycles. The second-order valence-corrected chi connectivity index (χ2v) is 6.72. The van der Waals surface area contributed by atoms with Crippen LogP contribution in [-0.4, -0.2) is 32.3 Å². The molecule has 1 aliphatic rings. The second-order valence-electron chi connectivity index (χ2n) is 6.72. The molecule has 4 nitrogen and oxygen atoms in total. The molecular weight excluding hydrogens is 240 g/mol. The van der Waals surface area contributed by atoms with Crippen LogP contribution in [0.5, 0.6) is 0 Å². The van der Waals surface area contributed by atoms with Crippen LogP contribution in [0.2, 0.25) is 0 Å². The first-order valence-corrected chi connectivity index (χ1v) is 7.57. The Morgan fingerprint density at radius 3 is 2.47 bits per heavy atom. The van der Waals surface area contributed by atoms with Gasteiger partial charge >= 0.3 is 6.03 Å². The highest BCUT2D eigenvalue weighted by Gasteiger charge is 2.20. The number of rotatable bonds is 9. The predicted octanol–water partition coefficient (Wildman–Crippen LogP) is 2.93. The van der Waals surface area contributed by atoms with Crippen molar-refractivity contribution in [2.24, 2.45) is 11.3 Å². The SMILES string of the molecule is CC(C)(C)CCCCNC(=O)NCCOCC1CC1. The lowest BCUT2D eigenvalue weighted by Gasteiger charge is -2.17.